The molecule has 2 rings (SSSR count). The standard InChI is InChI=1S/C21H34N2O2/c1-20(2,3)16-10-12-17(13-11-16)22-15-18-9-7-8-14-23(18)19(24)25-21(4,5)6/h10-13,18,22H,7-9,14-15H2,1-6H3. The Hall–Kier alpha value is -1.71. The molecule has 1 saturated heterocycles. The van der Waals surface area contributed by atoms with Gasteiger partial charge in [0, 0.05) is 18.8 Å². The number of ether oxygens (including phenoxy) is 1. The summed E-state index contributed by atoms with van der Waals surface area (Å²) >= 11 is 0. The summed E-state index contributed by atoms with van der Waals surface area (Å²) < 4.78 is 5.57. The lowest BCUT2D eigenvalue weighted by Crippen LogP contribution is -2.48. The van der Waals surface area contributed by atoms with Gasteiger partial charge in [-0.2, -0.15) is 0 Å². The van der Waals surface area contributed by atoms with Gasteiger partial charge >= 0.3 is 6.09 Å². The molecule has 0 aliphatic carbocycles. The van der Waals surface area contributed by atoms with Gasteiger partial charge in [0.15, 0.2) is 0 Å². The maximum atomic E-state index is 12.5. The molecule has 1 atom stereocenters. The van der Waals surface area contributed by atoms with Crippen LogP contribution in [-0.2, 0) is 10.2 Å². The van der Waals surface area contributed by atoms with Gasteiger partial charge in [0.25, 0.3) is 0 Å². The minimum atomic E-state index is -0.449. The Bertz CT molecular complexity index is 567. The average Bonchev–Trinajstić information content (AvgIpc) is 2.51. The summed E-state index contributed by atoms with van der Waals surface area (Å²) in [4.78, 5) is 14.4. The first-order chi connectivity index (χ1) is 11.6. The molecule has 0 radical (unpaired) electrons. The third kappa shape index (κ3) is 5.94. The largest absolute Gasteiger partial charge is 0.444 e. The predicted molar refractivity (Wildman–Crippen MR) is 104 cm³/mol. The van der Waals surface area contributed by atoms with Crippen molar-refractivity contribution in [1.29, 1.82) is 0 Å². The number of hydrogen-bond acceptors (Lipinski definition) is 3. The Kier molecular flexibility index (Phi) is 6.02. The van der Waals surface area contributed by atoms with Gasteiger partial charge in [-0.3, -0.25) is 0 Å². The fraction of sp³-hybridized carbons (Fsp3) is 0.667. The lowest BCUT2D eigenvalue weighted by molar-refractivity contribution is 0.0114. The van der Waals surface area contributed by atoms with Gasteiger partial charge in [0.05, 0.1) is 6.04 Å². The van der Waals surface area contributed by atoms with Crippen LogP contribution in [0.2, 0.25) is 0 Å². The van der Waals surface area contributed by atoms with Crippen molar-refractivity contribution >= 4 is 11.8 Å². The number of amides is 1. The van der Waals surface area contributed by atoms with Crippen molar-refractivity contribution in [3.63, 3.8) is 0 Å². The number of hydrogen-bond donors (Lipinski definition) is 1. The van der Waals surface area contributed by atoms with Crippen LogP contribution in [0.5, 0.6) is 0 Å². The molecular weight excluding hydrogens is 312 g/mol. The zero-order valence-corrected chi connectivity index (χ0v) is 16.7. The smallest absolute Gasteiger partial charge is 0.410 e. The number of piperidine rings is 1. The van der Waals surface area contributed by atoms with E-state index < -0.39 is 5.60 Å². The van der Waals surface area contributed by atoms with E-state index in [0.717, 1.165) is 38.0 Å². The molecule has 1 heterocycles. The number of likely N-dealkylation sites (tertiary alicyclic amines) is 1. The molecule has 1 unspecified atom stereocenters. The van der Waals surface area contributed by atoms with Gasteiger partial charge in [-0.15, -0.1) is 0 Å². The maximum Gasteiger partial charge on any atom is 0.410 e. The molecule has 1 aromatic carbocycles. The SMILES string of the molecule is CC(C)(C)OC(=O)N1CCCCC1CNc1ccc(C(C)(C)C)cc1. The van der Waals surface area contributed by atoms with Crippen molar-refractivity contribution < 1.29 is 9.53 Å². The van der Waals surface area contributed by atoms with Gasteiger partial charge < -0.3 is 15.0 Å². The van der Waals surface area contributed by atoms with Crippen LogP contribution >= 0.6 is 0 Å². The zero-order valence-electron chi connectivity index (χ0n) is 16.7. The van der Waals surface area contributed by atoms with Crippen LogP contribution in [0, 0.1) is 0 Å². The highest BCUT2D eigenvalue weighted by atomic mass is 16.6. The molecule has 1 amide bonds. The van der Waals surface area contributed by atoms with Gasteiger partial charge in [-0.1, -0.05) is 32.9 Å². The van der Waals surface area contributed by atoms with E-state index in [-0.39, 0.29) is 17.6 Å². The highest BCUT2D eigenvalue weighted by molar-refractivity contribution is 5.68. The monoisotopic (exact) mass is 346 g/mol. The molecule has 1 fully saturated rings. The number of nitrogens with one attached hydrogen (secondary N) is 1. The van der Waals surface area contributed by atoms with Crippen LogP contribution in [-0.4, -0.2) is 35.7 Å². The first kappa shape index (κ1) is 19.6. The molecule has 0 aromatic heterocycles. The van der Waals surface area contributed by atoms with E-state index in [2.05, 4.69) is 50.4 Å². The van der Waals surface area contributed by atoms with E-state index in [1.54, 1.807) is 0 Å². The molecular formula is C21H34N2O2. The van der Waals surface area contributed by atoms with Crippen molar-refractivity contribution in [2.75, 3.05) is 18.4 Å². The molecule has 0 spiro atoms. The van der Waals surface area contributed by atoms with Crippen molar-refractivity contribution in [2.24, 2.45) is 0 Å². The number of rotatable bonds is 3. The Morgan fingerprint density at radius 2 is 1.76 bits per heavy atom. The van der Waals surface area contributed by atoms with Crippen LogP contribution < -0.4 is 5.32 Å². The summed E-state index contributed by atoms with van der Waals surface area (Å²) in [6, 6.07) is 8.79. The summed E-state index contributed by atoms with van der Waals surface area (Å²) in [5.74, 6) is 0. The van der Waals surface area contributed by atoms with E-state index in [0.29, 0.717) is 0 Å². The summed E-state index contributed by atoms with van der Waals surface area (Å²) in [6.07, 6.45) is 3.04. The second-order valence-electron chi connectivity index (χ2n) is 9.03. The Morgan fingerprint density at radius 1 is 1.12 bits per heavy atom. The molecule has 1 aromatic rings. The quantitative estimate of drug-likeness (QED) is 0.819. The van der Waals surface area contributed by atoms with Crippen molar-refractivity contribution in [3.05, 3.63) is 29.8 Å². The fourth-order valence-electron chi connectivity index (χ4n) is 3.10. The second-order valence-corrected chi connectivity index (χ2v) is 9.03. The molecule has 1 N–H and O–H groups in total. The van der Waals surface area contributed by atoms with Crippen molar-refractivity contribution in [3.8, 4) is 0 Å². The molecule has 0 bridgehead atoms. The van der Waals surface area contributed by atoms with E-state index >= 15 is 0 Å². The number of carbonyl (C=O) groups is 1. The van der Waals surface area contributed by atoms with Crippen LogP contribution in [0.1, 0.15) is 66.4 Å². The van der Waals surface area contributed by atoms with Gasteiger partial charge in [-0.05, 0) is 63.1 Å². The Balaban J connectivity index is 1.96. The molecule has 4 heteroatoms. The summed E-state index contributed by atoms with van der Waals surface area (Å²) in [7, 11) is 0. The molecule has 1 aliphatic rings. The highest BCUT2D eigenvalue weighted by Crippen LogP contribution is 2.24. The minimum absolute atomic E-state index is 0.162. The zero-order chi connectivity index (χ0) is 18.7. The topological polar surface area (TPSA) is 41.6 Å². The summed E-state index contributed by atoms with van der Waals surface area (Å²) in [6.45, 7) is 13.9. The minimum Gasteiger partial charge on any atom is -0.444 e. The lowest BCUT2D eigenvalue weighted by Gasteiger charge is -2.37. The molecule has 1 aliphatic heterocycles. The van der Waals surface area contributed by atoms with Gasteiger partial charge in [0.1, 0.15) is 5.60 Å². The third-order valence-electron chi connectivity index (χ3n) is 4.55. The molecule has 140 valence electrons. The highest BCUT2D eigenvalue weighted by Gasteiger charge is 2.30. The molecule has 0 saturated carbocycles. The normalized spacial score (nSPS) is 18.8. The molecule has 25 heavy (non-hydrogen) atoms. The third-order valence-corrected chi connectivity index (χ3v) is 4.55. The van der Waals surface area contributed by atoms with Gasteiger partial charge in [-0.25, -0.2) is 4.79 Å². The van der Waals surface area contributed by atoms with E-state index in [9.17, 15) is 4.79 Å². The Labute approximate surface area is 152 Å². The summed E-state index contributed by atoms with van der Waals surface area (Å²) in [5, 5.41) is 3.49. The Morgan fingerprint density at radius 3 is 2.32 bits per heavy atom. The van der Waals surface area contributed by atoms with Crippen LogP contribution in [0.4, 0.5) is 10.5 Å². The van der Waals surface area contributed by atoms with Crippen LogP contribution in [0.15, 0.2) is 24.3 Å². The predicted octanol–water partition coefficient (Wildman–Crippen LogP) is 5.19. The maximum absolute atomic E-state index is 12.5. The number of carbonyl (C=O) groups excluding carboxylic acids is 1. The fourth-order valence-corrected chi connectivity index (χ4v) is 3.10. The van der Waals surface area contributed by atoms with Crippen LogP contribution in [0.3, 0.4) is 0 Å². The summed E-state index contributed by atoms with van der Waals surface area (Å²) in [5.41, 5.74) is 2.14. The molecule has 4 nitrogen and oxygen atoms in total. The van der Waals surface area contributed by atoms with E-state index in [1.165, 1.54) is 5.56 Å². The first-order valence-corrected chi connectivity index (χ1v) is 9.40. The second kappa shape index (κ2) is 7.67. The number of anilines is 1. The number of benzene rings is 1. The van der Waals surface area contributed by atoms with Crippen LogP contribution in [0.25, 0.3) is 0 Å². The van der Waals surface area contributed by atoms with Gasteiger partial charge in [0.2, 0.25) is 0 Å². The van der Waals surface area contributed by atoms with Crippen molar-refractivity contribution in [1.82, 2.24) is 4.90 Å². The number of nitrogens with zero attached hydrogens (tertiary/aromatic N) is 1. The van der Waals surface area contributed by atoms with Crippen molar-refractivity contribution in [2.45, 2.75) is 77.9 Å². The van der Waals surface area contributed by atoms with E-state index in [4.69, 9.17) is 4.74 Å². The van der Waals surface area contributed by atoms with E-state index in [1.807, 2.05) is 25.7 Å². The first-order valence-electron chi connectivity index (χ1n) is 9.40. The average molecular weight is 347 g/mol. The lowest BCUT2D eigenvalue weighted by atomic mass is 9.87.